The SMILES string of the molecule is CCN(CC1CCC1)S(=O)(=O)c1cc(CO)sc1Br. The molecule has 0 radical (unpaired) electrons. The minimum Gasteiger partial charge on any atom is -0.391 e. The van der Waals surface area contributed by atoms with Gasteiger partial charge < -0.3 is 5.11 Å². The number of hydrogen-bond donors (Lipinski definition) is 1. The van der Waals surface area contributed by atoms with E-state index < -0.39 is 10.0 Å². The van der Waals surface area contributed by atoms with E-state index in [0.29, 0.717) is 27.7 Å². The molecule has 0 aliphatic heterocycles. The highest BCUT2D eigenvalue weighted by Crippen LogP contribution is 2.35. The number of aliphatic hydroxyl groups is 1. The lowest BCUT2D eigenvalue weighted by atomic mass is 9.85. The molecule has 1 aromatic heterocycles. The van der Waals surface area contributed by atoms with Crippen molar-refractivity contribution in [3.05, 3.63) is 14.7 Å². The molecule has 7 heteroatoms. The van der Waals surface area contributed by atoms with Crippen molar-refractivity contribution in [3.63, 3.8) is 0 Å². The minimum absolute atomic E-state index is 0.131. The van der Waals surface area contributed by atoms with Crippen LogP contribution in [0.15, 0.2) is 14.7 Å². The van der Waals surface area contributed by atoms with Gasteiger partial charge in [-0.15, -0.1) is 11.3 Å². The second kappa shape index (κ2) is 6.22. The van der Waals surface area contributed by atoms with Crippen molar-refractivity contribution in [1.82, 2.24) is 4.31 Å². The van der Waals surface area contributed by atoms with Crippen molar-refractivity contribution in [2.45, 2.75) is 37.7 Å². The van der Waals surface area contributed by atoms with E-state index >= 15 is 0 Å². The largest absolute Gasteiger partial charge is 0.391 e. The lowest BCUT2D eigenvalue weighted by Crippen LogP contribution is -2.37. The average Bonchev–Trinajstić information content (AvgIpc) is 2.69. The van der Waals surface area contributed by atoms with Gasteiger partial charge in [-0.2, -0.15) is 4.31 Å². The number of hydrogen-bond acceptors (Lipinski definition) is 4. The van der Waals surface area contributed by atoms with Gasteiger partial charge in [-0.3, -0.25) is 0 Å². The van der Waals surface area contributed by atoms with Crippen molar-refractivity contribution in [2.75, 3.05) is 13.1 Å². The molecule has 2 rings (SSSR count). The summed E-state index contributed by atoms with van der Waals surface area (Å²) in [6.45, 7) is 2.82. The molecule has 1 saturated carbocycles. The van der Waals surface area contributed by atoms with Gasteiger partial charge in [0, 0.05) is 18.0 Å². The monoisotopic (exact) mass is 367 g/mol. The maximum absolute atomic E-state index is 12.6. The molecule has 0 spiro atoms. The molecular formula is C12H18BrNO3S2. The third-order valence-corrected chi connectivity index (χ3v) is 7.70. The highest BCUT2D eigenvalue weighted by Gasteiger charge is 2.30. The van der Waals surface area contributed by atoms with Crippen molar-refractivity contribution >= 4 is 37.3 Å². The summed E-state index contributed by atoms with van der Waals surface area (Å²) in [5.74, 6) is 0.504. The van der Waals surface area contributed by atoms with Crippen LogP contribution in [0.4, 0.5) is 0 Å². The zero-order valence-corrected chi connectivity index (χ0v) is 14.0. The molecule has 19 heavy (non-hydrogen) atoms. The van der Waals surface area contributed by atoms with E-state index in [9.17, 15) is 8.42 Å². The van der Waals surface area contributed by atoms with E-state index in [-0.39, 0.29) is 11.5 Å². The quantitative estimate of drug-likeness (QED) is 0.840. The van der Waals surface area contributed by atoms with Gasteiger partial charge in [0.25, 0.3) is 0 Å². The summed E-state index contributed by atoms with van der Waals surface area (Å²) >= 11 is 4.56. The van der Waals surface area contributed by atoms with E-state index in [0.717, 1.165) is 12.8 Å². The Labute approximate surface area is 126 Å². The molecule has 1 aromatic rings. The van der Waals surface area contributed by atoms with Crippen molar-refractivity contribution in [1.29, 1.82) is 0 Å². The molecule has 0 bridgehead atoms. The summed E-state index contributed by atoms with van der Waals surface area (Å²) in [5, 5.41) is 9.11. The first-order chi connectivity index (χ1) is 8.98. The second-order valence-corrected chi connectivity index (χ2v) is 9.12. The van der Waals surface area contributed by atoms with Gasteiger partial charge in [-0.05, 0) is 40.8 Å². The van der Waals surface area contributed by atoms with E-state index in [1.54, 1.807) is 10.4 Å². The van der Waals surface area contributed by atoms with E-state index in [1.807, 2.05) is 6.92 Å². The molecule has 1 aliphatic carbocycles. The average molecular weight is 368 g/mol. The van der Waals surface area contributed by atoms with Crippen LogP contribution in [0.5, 0.6) is 0 Å². The molecule has 0 unspecified atom stereocenters. The van der Waals surface area contributed by atoms with Gasteiger partial charge in [0.15, 0.2) is 0 Å². The molecule has 1 fully saturated rings. The fraction of sp³-hybridized carbons (Fsp3) is 0.667. The lowest BCUT2D eigenvalue weighted by Gasteiger charge is -2.31. The first-order valence-electron chi connectivity index (χ1n) is 6.38. The van der Waals surface area contributed by atoms with Gasteiger partial charge in [0.05, 0.1) is 10.4 Å². The number of sulfonamides is 1. The van der Waals surface area contributed by atoms with Gasteiger partial charge in [-0.1, -0.05) is 13.3 Å². The van der Waals surface area contributed by atoms with E-state index in [4.69, 9.17) is 5.11 Å². The number of rotatable bonds is 6. The third-order valence-electron chi connectivity index (χ3n) is 3.52. The Kier molecular flexibility index (Phi) is 5.05. The molecule has 0 atom stereocenters. The normalized spacial score (nSPS) is 16.8. The summed E-state index contributed by atoms with van der Waals surface area (Å²) in [6.07, 6.45) is 3.45. The molecule has 108 valence electrons. The Morgan fingerprint density at radius 3 is 2.63 bits per heavy atom. The molecule has 1 heterocycles. The predicted octanol–water partition coefficient (Wildman–Crippen LogP) is 2.81. The lowest BCUT2D eigenvalue weighted by molar-refractivity contribution is 0.250. The van der Waals surface area contributed by atoms with Crippen LogP contribution in [0.3, 0.4) is 0 Å². The zero-order valence-electron chi connectivity index (χ0n) is 10.8. The number of nitrogens with zero attached hydrogens (tertiary/aromatic N) is 1. The Balaban J connectivity index is 2.24. The van der Waals surface area contributed by atoms with Crippen LogP contribution in [0.2, 0.25) is 0 Å². The van der Waals surface area contributed by atoms with Crippen molar-refractivity contribution in [2.24, 2.45) is 5.92 Å². The summed E-state index contributed by atoms with van der Waals surface area (Å²) in [6, 6.07) is 1.56. The van der Waals surface area contributed by atoms with Gasteiger partial charge in [-0.25, -0.2) is 8.42 Å². The summed E-state index contributed by atoms with van der Waals surface area (Å²) in [7, 11) is -3.46. The summed E-state index contributed by atoms with van der Waals surface area (Å²) in [5.41, 5.74) is 0. The van der Waals surface area contributed by atoms with Crippen LogP contribution in [0, 0.1) is 5.92 Å². The van der Waals surface area contributed by atoms with Gasteiger partial charge in [0.1, 0.15) is 4.90 Å². The maximum Gasteiger partial charge on any atom is 0.245 e. The van der Waals surface area contributed by atoms with Crippen LogP contribution < -0.4 is 0 Å². The first-order valence-corrected chi connectivity index (χ1v) is 9.43. The van der Waals surface area contributed by atoms with E-state index in [1.165, 1.54) is 17.8 Å². The van der Waals surface area contributed by atoms with Crippen LogP contribution in [0.25, 0.3) is 0 Å². The minimum atomic E-state index is -3.46. The smallest absolute Gasteiger partial charge is 0.245 e. The van der Waals surface area contributed by atoms with E-state index in [2.05, 4.69) is 15.9 Å². The summed E-state index contributed by atoms with van der Waals surface area (Å²) < 4.78 is 27.3. The third kappa shape index (κ3) is 3.21. The Morgan fingerprint density at radius 2 is 2.21 bits per heavy atom. The first kappa shape index (κ1) is 15.4. The second-order valence-electron chi connectivity index (χ2n) is 4.76. The Bertz CT molecular complexity index is 537. The highest BCUT2D eigenvalue weighted by molar-refractivity contribution is 9.11. The van der Waals surface area contributed by atoms with Crippen molar-refractivity contribution < 1.29 is 13.5 Å². The standard InChI is InChI=1S/C12H18BrNO3S2/c1-2-14(7-9-4-3-5-9)19(16,17)11-6-10(8-15)18-12(11)13/h6,9,15H,2-5,7-8H2,1H3. The molecule has 0 amide bonds. The number of aliphatic hydroxyl groups excluding tert-OH is 1. The highest BCUT2D eigenvalue weighted by atomic mass is 79.9. The Morgan fingerprint density at radius 1 is 1.53 bits per heavy atom. The fourth-order valence-corrected chi connectivity index (χ4v) is 6.17. The van der Waals surface area contributed by atoms with Crippen LogP contribution in [0.1, 0.15) is 31.1 Å². The van der Waals surface area contributed by atoms with Crippen LogP contribution >= 0.6 is 27.3 Å². The fourth-order valence-electron chi connectivity index (χ4n) is 2.15. The van der Waals surface area contributed by atoms with Gasteiger partial charge >= 0.3 is 0 Å². The van der Waals surface area contributed by atoms with Crippen molar-refractivity contribution in [3.8, 4) is 0 Å². The molecular weight excluding hydrogens is 350 g/mol. The van der Waals surface area contributed by atoms with Crippen LogP contribution in [-0.2, 0) is 16.6 Å². The van der Waals surface area contributed by atoms with Gasteiger partial charge in [0.2, 0.25) is 10.0 Å². The molecule has 0 saturated heterocycles. The molecule has 0 aromatic carbocycles. The number of halogens is 1. The topological polar surface area (TPSA) is 57.6 Å². The van der Waals surface area contributed by atoms with Crippen LogP contribution in [-0.4, -0.2) is 30.9 Å². The maximum atomic E-state index is 12.6. The molecule has 1 N–H and O–H groups in total. The summed E-state index contributed by atoms with van der Waals surface area (Å²) in [4.78, 5) is 0.938. The molecule has 4 nitrogen and oxygen atoms in total. The number of thiophene rings is 1. The zero-order chi connectivity index (χ0) is 14.0. The predicted molar refractivity (Wildman–Crippen MR) is 79.7 cm³/mol. The Hall–Kier alpha value is 0.0500. The molecule has 1 aliphatic rings.